The predicted octanol–water partition coefficient (Wildman–Crippen LogP) is 4.82. The van der Waals surface area contributed by atoms with E-state index in [-0.39, 0.29) is 11.2 Å². The average molecular weight is 436 g/mol. The van der Waals surface area contributed by atoms with Gasteiger partial charge in [-0.05, 0) is 61.4 Å². The Labute approximate surface area is 182 Å². The van der Waals surface area contributed by atoms with Crippen molar-refractivity contribution < 1.29 is 13.2 Å². The fraction of sp³-hybridized carbons (Fsp3) is 0.250. The number of pyridine rings is 1. The van der Waals surface area contributed by atoms with Gasteiger partial charge in [0.05, 0.1) is 15.7 Å². The number of sulfone groups is 1. The van der Waals surface area contributed by atoms with E-state index in [4.69, 9.17) is 0 Å². The maximum atomic E-state index is 12.7. The summed E-state index contributed by atoms with van der Waals surface area (Å²) in [5.74, 6) is 0.428. The van der Waals surface area contributed by atoms with Gasteiger partial charge >= 0.3 is 0 Å². The van der Waals surface area contributed by atoms with Crippen molar-refractivity contribution in [2.75, 3.05) is 17.3 Å². The Hall–Kier alpha value is -3.19. The lowest BCUT2D eigenvalue weighted by Gasteiger charge is -2.18. The van der Waals surface area contributed by atoms with Gasteiger partial charge in [0.15, 0.2) is 9.84 Å². The van der Waals surface area contributed by atoms with E-state index in [1.54, 1.807) is 36.4 Å². The Balaban J connectivity index is 1.42. The lowest BCUT2D eigenvalue weighted by molar-refractivity contribution is 0.102. The van der Waals surface area contributed by atoms with Crippen LogP contribution in [0.25, 0.3) is 0 Å². The van der Waals surface area contributed by atoms with Crippen LogP contribution in [0.3, 0.4) is 0 Å². The van der Waals surface area contributed by atoms with Crippen LogP contribution in [0.1, 0.15) is 36.0 Å². The van der Waals surface area contributed by atoms with Gasteiger partial charge in [0, 0.05) is 24.6 Å². The molecular weight excluding hydrogens is 410 g/mol. The zero-order chi connectivity index (χ0) is 21.8. The summed E-state index contributed by atoms with van der Waals surface area (Å²) in [5, 5.41) is 2.51. The minimum absolute atomic E-state index is 0.286. The molecule has 1 heterocycles. The second-order valence-corrected chi connectivity index (χ2v) is 9.96. The van der Waals surface area contributed by atoms with Gasteiger partial charge in [-0.25, -0.2) is 13.4 Å². The normalized spacial score (nSPS) is 14.4. The van der Waals surface area contributed by atoms with Crippen molar-refractivity contribution in [3.63, 3.8) is 0 Å². The molecule has 0 unspecified atom stereocenters. The molecule has 0 radical (unpaired) electrons. The van der Waals surface area contributed by atoms with E-state index in [1.807, 2.05) is 42.3 Å². The smallest absolute Gasteiger partial charge is 0.257 e. The van der Waals surface area contributed by atoms with Crippen molar-refractivity contribution in [3.8, 4) is 0 Å². The number of carbonyl (C=O) groups is 1. The number of aromatic nitrogens is 1. The van der Waals surface area contributed by atoms with Crippen LogP contribution in [-0.2, 0) is 9.84 Å². The third kappa shape index (κ3) is 4.61. The molecule has 6 nitrogen and oxygen atoms in total. The van der Waals surface area contributed by atoms with Gasteiger partial charge in [0.1, 0.15) is 5.82 Å². The highest BCUT2D eigenvalue weighted by atomic mass is 32.2. The average Bonchev–Trinajstić information content (AvgIpc) is 3.36. The van der Waals surface area contributed by atoms with Crippen LogP contribution in [-0.4, -0.2) is 31.6 Å². The molecule has 1 aliphatic rings. The number of hydrogen-bond donors (Lipinski definition) is 1. The molecule has 0 aliphatic heterocycles. The second kappa shape index (κ2) is 8.89. The highest BCUT2D eigenvalue weighted by molar-refractivity contribution is 7.92. The van der Waals surface area contributed by atoms with Crippen LogP contribution >= 0.6 is 0 Å². The number of nitrogens with one attached hydrogen (secondary N) is 1. The molecule has 160 valence electrons. The van der Waals surface area contributed by atoms with Crippen LogP contribution in [0.4, 0.5) is 17.2 Å². The monoisotopic (exact) mass is 435 g/mol. The van der Waals surface area contributed by atoms with E-state index in [9.17, 15) is 13.2 Å². The van der Waals surface area contributed by atoms with Crippen molar-refractivity contribution in [1.29, 1.82) is 0 Å². The van der Waals surface area contributed by atoms with Crippen LogP contribution in [0.5, 0.6) is 0 Å². The van der Waals surface area contributed by atoms with Crippen molar-refractivity contribution in [3.05, 3.63) is 78.5 Å². The molecule has 3 aromatic rings. The quantitative estimate of drug-likeness (QED) is 0.601. The highest BCUT2D eigenvalue weighted by Crippen LogP contribution is 2.30. The van der Waals surface area contributed by atoms with E-state index in [0.717, 1.165) is 37.2 Å². The highest BCUT2D eigenvalue weighted by Gasteiger charge is 2.30. The first kappa shape index (κ1) is 21.1. The molecule has 4 rings (SSSR count). The molecule has 7 heteroatoms. The topological polar surface area (TPSA) is 79.4 Å². The SMILES string of the molecule is CN(c1ccccc1)c1ccc(C(=O)Nc2ccc(S(=O)(=O)C3CCCC3)cc2)cn1. The maximum Gasteiger partial charge on any atom is 0.257 e. The molecule has 0 saturated heterocycles. The Morgan fingerprint density at radius 3 is 2.26 bits per heavy atom. The standard InChI is InChI=1S/C24H25N3O3S/c1-27(20-7-3-2-4-8-20)23-16-11-18(17-25-23)24(28)26-19-12-14-22(15-13-19)31(29,30)21-9-5-6-10-21/h2-4,7-8,11-17,21H,5-6,9-10H2,1H3,(H,26,28). The zero-order valence-electron chi connectivity index (χ0n) is 17.4. The molecular formula is C24H25N3O3S. The van der Waals surface area contributed by atoms with Crippen LogP contribution in [0.2, 0.25) is 0 Å². The van der Waals surface area contributed by atoms with Gasteiger partial charge in [-0.15, -0.1) is 0 Å². The Kier molecular flexibility index (Phi) is 6.04. The molecule has 0 spiro atoms. The Morgan fingerprint density at radius 1 is 0.968 bits per heavy atom. The maximum absolute atomic E-state index is 12.7. The van der Waals surface area contributed by atoms with Gasteiger partial charge in [-0.2, -0.15) is 0 Å². The predicted molar refractivity (Wildman–Crippen MR) is 123 cm³/mol. The molecule has 1 N–H and O–H groups in total. The van der Waals surface area contributed by atoms with Gasteiger partial charge in [0.25, 0.3) is 5.91 Å². The Morgan fingerprint density at radius 2 is 1.65 bits per heavy atom. The third-order valence-electron chi connectivity index (χ3n) is 5.68. The first-order valence-corrected chi connectivity index (χ1v) is 11.9. The fourth-order valence-electron chi connectivity index (χ4n) is 3.82. The minimum atomic E-state index is -3.30. The minimum Gasteiger partial charge on any atom is -0.329 e. The van der Waals surface area contributed by atoms with Crippen molar-refractivity contribution in [2.45, 2.75) is 35.8 Å². The first-order chi connectivity index (χ1) is 14.9. The van der Waals surface area contributed by atoms with E-state index >= 15 is 0 Å². The van der Waals surface area contributed by atoms with Gasteiger partial charge in [0.2, 0.25) is 0 Å². The summed E-state index contributed by atoms with van der Waals surface area (Å²) in [5.41, 5.74) is 1.97. The number of anilines is 3. The zero-order valence-corrected chi connectivity index (χ0v) is 18.2. The number of nitrogens with zero attached hydrogens (tertiary/aromatic N) is 2. The molecule has 1 aliphatic carbocycles. The van der Waals surface area contributed by atoms with Crippen LogP contribution < -0.4 is 10.2 Å². The lowest BCUT2D eigenvalue weighted by Crippen LogP contribution is -2.18. The summed E-state index contributed by atoms with van der Waals surface area (Å²) >= 11 is 0. The van der Waals surface area contributed by atoms with E-state index in [0.29, 0.717) is 16.1 Å². The van der Waals surface area contributed by atoms with Gasteiger partial charge in [-0.3, -0.25) is 4.79 Å². The third-order valence-corrected chi connectivity index (χ3v) is 7.96. The number of benzene rings is 2. The number of rotatable bonds is 6. The number of para-hydroxylation sites is 1. The molecule has 1 fully saturated rings. The fourth-order valence-corrected chi connectivity index (χ4v) is 5.68. The summed E-state index contributed by atoms with van der Waals surface area (Å²) in [6.07, 6.45) is 4.91. The van der Waals surface area contributed by atoms with Crippen molar-refractivity contribution in [1.82, 2.24) is 4.98 Å². The molecule has 0 bridgehead atoms. The number of hydrogen-bond acceptors (Lipinski definition) is 5. The summed E-state index contributed by atoms with van der Waals surface area (Å²) in [4.78, 5) is 19.2. The van der Waals surface area contributed by atoms with Crippen LogP contribution in [0.15, 0.2) is 77.8 Å². The van der Waals surface area contributed by atoms with E-state index in [2.05, 4.69) is 10.3 Å². The van der Waals surface area contributed by atoms with Crippen molar-refractivity contribution in [2.24, 2.45) is 0 Å². The molecule has 1 saturated carbocycles. The van der Waals surface area contributed by atoms with Gasteiger partial charge < -0.3 is 10.2 Å². The molecule has 1 aromatic heterocycles. The van der Waals surface area contributed by atoms with E-state index in [1.165, 1.54) is 6.20 Å². The summed E-state index contributed by atoms with van der Waals surface area (Å²) < 4.78 is 25.4. The van der Waals surface area contributed by atoms with Gasteiger partial charge in [-0.1, -0.05) is 31.0 Å². The second-order valence-electron chi connectivity index (χ2n) is 7.73. The summed E-state index contributed by atoms with van der Waals surface area (Å²) in [6, 6.07) is 19.7. The summed E-state index contributed by atoms with van der Waals surface area (Å²) in [7, 11) is -1.38. The largest absolute Gasteiger partial charge is 0.329 e. The van der Waals surface area contributed by atoms with E-state index < -0.39 is 9.84 Å². The molecule has 31 heavy (non-hydrogen) atoms. The molecule has 0 atom stereocenters. The number of carbonyl (C=O) groups excluding carboxylic acids is 1. The van der Waals surface area contributed by atoms with Crippen LogP contribution in [0, 0.1) is 0 Å². The first-order valence-electron chi connectivity index (χ1n) is 10.4. The van der Waals surface area contributed by atoms with Crippen molar-refractivity contribution >= 4 is 32.9 Å². The summed E-state index contributed by atoms with van der Waals surface area (Å²) in [6.45, 7) is 0. The number of amides is 1. The molecule has 1 amide bonds. The lowest BCUT2D eigenvalue weighted by atomic mass is 10.2. The Bertz CT molecular complexity index is 1140. The molecule has 2 aromatic carbocycles.